The first kappa shape index (κ1) is 21.5. The molecule has 0 unspecified atom stereocenters. The summed E-state index contributed by atoms with van der Waals surface area (Å²) in [7, 11) is 0. The fraction of sp³-hybridized carbons (Fsp3) is 0.565. The van der Waals surface area contributed by atoms with Crippen LogP contribution in [0, 0.1) is 19.8 Å². The third-order valence-corrected chi connectivity index (χ3v) is 5.58. The van der Waals surface area contributed by atoms with E-state index in [9.17, 15) is 9.90 Å². The van der Waals surface area contributed by atoms with Crippen molar-refractivity contribution in [1.82, 2.24) is 4.98 Å². The van der Waals surface area contributed by atoms with Crippen molar-refractivity contribution in [2.75, 3.05) is 6.61 Å². The predicted octanol–water partition coefficient (Wildman–Crippen LogP) is 4.91. The lowest BCUT2D eigenvalue weighted by Crippen LogP contribution is -2.37. The van der Waals surface area contributed by atoms with E-state index < -0.39 is 11.6 Å². The molecule has 1 aliphatic rings. The van der Waals surface area contributed by atoms with E-state index in [1.807, 2.05) is 31.2 Å². The van der Waals surface area contributed by atoms with Crippen LogP contribution in [0.15, 0.2) is 28.7 Å². The fourth-order valence-electron chi connectivity index (χ4n) is 3.51. The van der Waals surface area contributed by atoms with Crippen LogP contribution >= 0.6 is 0 Å². The van der Waals surface area contributed by atoms with Crippen LogP contribution in [0.2, 0.25) is 0 Å². The Bertz CT molecular complexity index is 824. The molecule has 1 heterocycles. The summed E-state index contributed by atoms with van der Waals surface area (Å²) in [5.74, 6) is 0.771. The molecule has 0 bridgehead atoms. The van der Waals surface area contributed by atoms with Gasteiger partial charge in [-0.1, -0.05) is 24.1 Å². The Morgan fingerprint density at radius 3 is 2.66 bits per heavy atom. The highest BCUT2D eigenvalue weighted by atomic mass is 16.5. The van der Waals surface area contributed by atoms with E-state index in [4.69, 9.17) is 13.9 Å². The first-order valence-corrected chi connectivity index (χ1v) is 10.3. The number of carbonyl (C=O) groups is 1. The molecule has 1 aliphatic carbocycles. The largest absolute Gasteiger partial charge is 0.479 e. The van der Waals surface area contributed by atoms with Gasteiger partial charge in [-0.05, 0) is 65.0 Å². The Balaban J connectivity index is 1.53. The van der Waals surface area contributed by atoms with E-state index in [0.29, 0.717) is 25.0 Å². The van der Waals surface area contributed by atoms with E-state index >= 15 is 0 Å². The summed E-state index contributed by atoms with van der Waals surface area (Å²) in [5.41, 5.74) is 1.83. The predicted molar refractivity (Wildman–Crippen MR) is 110 cm³/mol. The molecule has 2 atom stereocenters. The number of aromatic nitrogens is 1. The van der Waals surface area contributed by atoms with Crippen molar-refractivity contribution in [2.45, 2.75) is 71.7 Å². The van der Waals surface area contributed by atoms with Gasteiger partial charge in [0.25, 0.3) is 0 Å². The molecule has 0 spiro atoms. The summed E-state index contributed by atoms with van der Waals surface area (Å²) < 4.78 is 17.6. The zero-order valence-electron chi connectivity index (χ0n) is 17.7. The number of aliphatic carboxylic acids is 1. The molecule has 0 amide bonds. The van der Waals surface area contributed by atoms with Gasteiger partial charge in [-0.2, -0.15) is 0 Å². The second kappa shape index (κ2) is 9.09. The number of carboxylic acids is 1. The minimum absolute atomic E-state index is 0.129. The second-order valence-electron chi connectivity index (χ2n) is 8.48. The van der Waals surface area contributed by atoms with Gasteiger partial charge in [0.05, 0.1) is 19.3 Å². The average molecular weight is 402 g/mol. The minimum atomic E-state index is -1.15. The zero-order chi connectivity index (χ0) is 21.0. The number of benzene rings is 1. The molecule has 1 N–H and O–H groups in total. The molecule has 2 aromatic rings. The van der Waals surface area contributed by atoms with Gasteiger partial charge in [-0.25, -0.2) is 9.78 Å². The van der Waals surface area contributed by atoms with Crippen LogP contribution in [0.5, 0.6) is 0 Å². The lowest BCUT2D eigenvalue weighted by Gasteiger charge is -2.31. The van der Waals surface area contributed by atoms with Crippen molar-refractivity contribution in [1.29, 1.82) is 0 Å². The molecule has 158 valence electrons. The number of hydrogen-bond donors (Lipinski definition) is 1. The van der Waals surface area contributed by atoms with E-state index in [1.54, 1.807) is 13.8 Å². The monoisotopic (exact) mass is 401 g/mol. The molecular formula is C23H31NO5. The highest BCUT2D eigenvalue weighted by Gasteiger charge is 2.31. The first-order chi connectivity index (χ1) is 13.7. The molecule has 1 aromatic carbocycles. The zero-order valence-corrected chi connectivity index (χ0v) is 17.7. The SMILES string of the molecule is Cc1ccc(-c2nc(CO[C@@H]3CCC[C@H](COC(C)(C)C(=O)O)C3)c(C)o2)cc1. The fourth-order valence-corrected chi connectivity index (χ4v) is 3.51. The molecule has 0 saturated heterocycles. The van der Waals surface area contributed by atoms with Gasteiger partial charge in [-0.3, -0.25) is 0 Å². The highest BCUT2D eigenvalue weighted by Crippen LogP contribution is 2.29. The Labute approximate surface area is 172 Å². The van der Waals surface area contributed by atoms with Gasteiger partial charge in [0.1, 0.15) is 11.5 Å². The van der Waals surface area contributed by atoms with E-state index in [1.165, 1.54) is 5.56 Å². The minimum Gasteiger partial charge on any atom is -0.479 e. The Kier molecular flexibility index (Phi) is 6.75. The summed E-state index contributed by atoms with van der Waals surface area (Å²) in [5, 5.41) is 9.19. The first-order valence-electron chi connectivity index (χ1n) is 10.3. The van der Waals surface area contributed by atoms with Crippen molar-refractivity contribution < 1.29 is 23.8 Å². The molecule has 6 nitrogen and oxygen atoms in total. The summed E-state index contributed by atoms with van der Waals surface area (Å²) >= 11 is 0. The number of ether oxygens (including phenoxy) is 2. The molecule has 1 aromatic heterocycles. The highest BCUT2D eigenvalue weighted by molar-refractivity contribution is 5.76. The Morgan fingerprint density at radius 1 is 1.24 bits per heavy atom. The van der Waals surface area contributed by atoms with Crippen LogP contribution < -0.4 is 0 Å². The topological polar surface area (TPSA) is 81.8 Å². The maximum atomic E-state index is 11.2. The maximum absolute atomic E-state index is 11.2. The van der Waals surface area contributed by atoms with Gasteiger partial charge in [0.15, 0.2) is 5.60 Å². The van der Waals surface area contributed by atoms with Crippen LogP contribution in [0.4, 0.5) is 0 Å². The molecule has 6 heteroatoms. The molecular weight excluding hydrogens is 370 g/mol. The van der Waals surface area contributed by atoms with Crippen LogP contribution in [0.1, 0.15) is 56.5 Å². The summed E-state index contributed by atoms with van der Waals surface area (Å²) in [4.78, 5) is 15.8. The normalized spacial score (nSPS) is 20.0. The number of hydrogen-bond acceptors (Lipinski definition) is 5. The lowest BCUT2D eigenvalue weighted by molar-refractivity contribution is -0.163. The van der Waals surface area contributed by atoms with Crippen LogP contribution in [-0.2, 0) is 20.9 Å². The average Bonchev–Trinajstić information content (AvgIpc) is 3.06. The number of rotatable bonds is 8. The Hall–Kier alpha value is -2.18. The third-order valence-electron chi connectivity index (χ3n) is 5.58. The van der Waals surface area contributed by atoms with E-state index in [2.05, 4.69) is 11.9 Å². The van der Waals surface area contributed by atoms with Crippen molar-refractivity contribution in [3.05, 3.63) is 41.3 Å². The van der Waals surface area contributed by atoms with Crippen LogP contribution in [0.3, 0.4) is 0 Å². The van der Waals surface area contributed by atoms with E-state index in [-0.39, 0.29) is 6.10 Å². The molecule has 1 fully saturated rings. The second-order valence-corrected chi connectivity index (χ2v) is 8.48. The van der Waals surface area contributed by atoms with Gasteiger partial charge in [0, 0.05) is 5.56 Å². The molecule has 3 rings (SSSR count). The van der Waals surface area contributed by atoms with Crippen LogP contribution in [0.25, 0.3) is 11.5 Å². The lowest BCUT2D eigenvalue weighted by atomic mass is 9.87. The maximum Gasteiger partial charge on any atom is 0.335 e. The van der Waals surface area contributed by atoms with Gasteiger partial charge in [-0.15, -0.1) is 0 Å². The quantitative estimate of drug-likeness (QED) is 0.676. The van der Waals surface area contributed by atoms with Gasteiger partial charge in [0.2, 0.25) is 5.89 Å². The summed E-state index contributed by atoms with van der Waals surface area (Å²) in [6, 6.07) is 8.10. The molecule has 1 saturated carbocycles. The van der Waals surface area contributed by atoms with Crippen LogP contribution in [-0.4, -0.2) is 34.4 Å². The van der Waals surface area contributed by atoms with Crippen molar-refractivity contribution in [3.8, 4) is 11.5 Å². The molecule has 0 radical (unpaired) electrons. The third kappa shape index (κ3) is 5.67. The van der Waals surface area contributed by atoms with Crippen molar-refractivity contribution in [2.24, 2.45) is 5.92 Å². The van der Waals surface area contributed by atoms with Gasteiger partial charge >= 0.3 is 5.97 Å². The number of aryl methyl sites for hydroxylation is 2. The smallest absolute Gasteiger partial charge is 0.335 e. The van der Waals surface area contributed by atoms with E-state index in [0.717, 1.165) is 42.7 Å². The number of carboxylic acid groups (broad SMARTS) is 1. The van der Waals surface area contributed by atoms with Crippen molar-refractivity contribution >= 4 is 5.97 Å². The van der Waals surface area contributed by atoms with Gasteiger partial charge < -0.3 is 19.0 Å². The van der Waals surface area contributed by atoms with Crippen molar-refractivity contribution in [3.63, 3.8) is 0 Å². The summed E-state index contributed by atoms with van der Waals surface area (Å²) in [6.07, 6.45) is 4.09. The molecule has 0 aliphatic heterocycles. The number of nitrogens with zero attached hydrogens (tertiary/aromatic N) is 1. The number of oxazole rings is 1. The Morgan fingerprint density at radius 2 is 1.97 bits per heavy atom. The summed E-state index contributed by atoms with van der Waals surface area (Å²) in [6.45, 7) is 8.00. The molecule has 29 heavy (non-hydrogen) atoms. The standard InChI is InChI=1S/C23H31NO5/c1-15-8-10-18(11-9-15)21-24-20(16(2)29-21)14-27-19-7-5-6-17(12-19)13-28-23(3,4)22(25)26/h8-11,17,19H,5-7,12-14H2,1-4H3,(H,25,26)/t17-,19+/m0/s1.